The number of aromatic hydroxyl groups is 1. The minimum atomic E-state index is 0.223. The Morgan fingerprint density at radius 1 is 1.24 bits per heavy atom. The zero-order valence-corrected chi connectivity index (χ0v) is 13.2. The van der Waals surface area contributed by atoms with Crippen LogP contribution in [0, 0.1) is 0 Å². The van der Waals surface area contributed by atoms with E-state index in [1.165, 1.54) is 32.1 Å². The molecule has 1 aliphatic carbocycles. The van der Waals surface area contributed by atoms with Crippen molar-refractivity contribution in [1.82, 2.24) is 5.32 Å². The van der Waals surface area contributed by atoms with Crippen LogP contribution in [0.2, 0.25) is 0 Å². The molecule has 1 atom stereocenters. The summed E-state index contributed by atoms with van der Waals surface area (Å²) in [6.07, 6.45) is 9.01. The van der Waals surface area contributed by atoms with E-state index in [9.17, 15) is 5.11 Å². The van der Waals surface area contributed by atoms with Gasteiger partial charge in [-0.2, -0.15) is 0 Å². The third-order valence-corrected chi connectivity index (χ3v) is 4.34. The molecule has 0 heterocycles. The third kappa shape index (κ3) is 5.33. The third-order valence-electron chi connectivity index (χ3n) is 4.34. The fraction of sp³-hybridized carbons (Fsp3) is 0.667. The molecule has 1 unspecified atom stereocenters. The molecule has 0 aromatic heterocycles. The van der Waals surface area contributed by atoms with Crippen molar-refractivity contribution in [3.05, 3.63) is 29.8 Å². The number of ether oxygens (including phenoxy) is 1. The van der Waals surface area contributed by atoms with E-state index >= 15 is 0 Å². The van der Waals surface area contributed by atoms with Crippen LogP contribution < -0.4 is 5.32 Å². The van der Waals surface area contributed by atoms with Gasteiger partial charge >= 0.3 is 0 Å². The lowest BCUT2D eigenvalue weighted by molar-refractivity contribution is 0.0270. The first kappa shape index (κ1) is 16.3. The fourth-order valence-electron chi connectivity index (χ4n) is 3.09. The molecule has 0 saturated heterocycles. The van der Waals surface area contributed by atoms with Gasteiger partial charge in [0.05, 0.1) is 6.10 Å². The highest BCUT2D eigenvalue weighted by Gasteiger charge is 2.14. The molecule has 0 spiro atoms. The number of phenolic OH excluding ortho intramolecular Hbond substituents is 1. The molecule has 1 saturated carbocycles. The number of rotatable bonds is 8. The van der Waals surface area contributed by atoms with Crippen LogP contribution in [0.25, 0.3) is 0 Å². The van der Waals surface area contributed by atoms with Crippen molar-refractivity contribution in [2.45, 2.75) is 64.0 Å². The maximum Gasteiger partial charge on any atom is 0.120 e. The SMILES string of the molecule is CCC(NCCCOC1CCCCC1)c1ccccc1O. The standard InChI is InChI=1S/C18H29NO2/c1-2-17(16-11-6-7-12-18(16)20)19-13-8-14-21-15-9-4-3-5-10-15/h6-7,11-12,15,17,19-20H,2-5,8-10,13-14H2,1H3. The van der Waals surface area contributed by atoms with Crippen LogP contribution in [0.5, 0.6) is 5.75 Å². The number of nitrogens with one attached hydrogen (secondary N) is 1. The quantitative estimate of drug-likeness (QED) is 0.706. The molecular weight excluding hydrogens is 262 g/mol. The number of hydrogen-bond donors (Lipinski definition) is 2. The predicted molar refractivity (Wildman–Crippen MR) is 86.6 cm³/mol. The zero-order valence-electron chi connectivity index (χ0n) is 13.2. The van der Waals surface area contributed by atoms with E-state index in [1.54, 1.807) is 6.07 Å². The summed E-state index contributed by atoms with van der Waals surface area (Å²) >= 11 is 0. The van der Waals surface area contributed by atoms with Crippen molar-refractivity contribution in [2.75, 3.05) is 13.2 Å². The highest BCUT2D eigenvalue weighted by molar-refractivity contribution is 5.34. The van der Waals surface area contributed by atoms with Crippen molar-refractivity contribution in [2.24, 2.45) is 0 Å². The summed E-state index contributed by atoms with van der Waals surface area (Å²) in [6, 6.07) is 7.82. The minimum Gasteiger partial charge on any atom is -0.508 e. The van der Waals surface area contributed by atoms with Crippen LogP contribution in [-0.4, -0.2) is 24.4 Å². The summed E-state index contributed by atoms with van der Waals surface area (Å²) < 4.78 is 5.94. The smallest absolute Gasteiger partial charge is 0.120 e. The first-order valence-electron chi connectivity index (χ1n) is 8.44. The molecule has 1 fully saturated rings. The minimum absolute atomic E-state index is 0.223. The van der Waals surface area contributed by atoms with Gasteiger partial charge in [0, 0.05) is 18.2 Å². The van der Waals surface area contributed by atoms with Gasteiger partial charge < -0.3 is 15.2 Å². The molecule has 1 aromatic rings. The van der Waals surface area contributed by atoms with Gasteiger partial charge in [-0.25, -0.2) is 0 Å². The number of phenols is 1. The summed E-state index contributed by atoms with van der Waals surface area (Å²) in [5.41, 5.74) is 0.994. The van der Waals surface area contributed by atoms with Gasteiger partial charge in [0.2, 0.25) is 0 Å². The van der Waals surface area contributed by atoms with Crippen LogP contribution in [0.4, 0.5) is 0 Å². The Morgan fingerprint density at radius 2 is 2.00 bits per heavy atom. The van der Waals surface area contributed by atoms with E-state index in [4.69, 9.17) is 4.74 Å². The molecule has 3 nitrogen and oxygen atoms in total. The summed E-state index contributed by atoms with van der Waals surface area (Å²) in [6.45, 7) is 3.91. The van der Waals surface area contributed by atoms with E-state index in [1.807, 2.05) is 18.2 Å². The highest BCUT2D eigenvalue weighted by Crippen LogP contribution is 2.25. The van der Waals surface area contributed by atoms with Crippen LogP contribution in [-0.2, 0) is 4.74 Å². The Balaban J connectivity index is 1.65. The van der Waals surface area contributed by atoms with Crippen molar-refractivity contribution in [3.8, 4) is 5.75 Å². The second-order valence-electron chi connectivity index (χ2n) is 5.96. The Kier molecular flexibility index (Phi) is 7.04. The Bertz CT molecular complexity index is 402. The molecule has 0 amide bonds. The van der Waals surface area contributed by atoms with E-state index in [0.29, 0.717) is 11.9 Å². The molecule has 21 heavy (non-hydrogen) atoms. The average molecular weight is 291 g/mol. The van der Waals surface area contributed by atoms with Crippen LogP contribution >= 0.6 is 0 Å². The van der Waals surface area contributed by atoms with Crippen molar-refractivity contribution < 1.29 is 9.84 Å². The van der Waals surface area contributed by atoms with E-state index in [-0.39, 0.29) is 6.04 Å². The molecule has 1 aliphatic rings. The Morgan fingerprint density at radius 3 is 2.71 bits per heavy atom. The van der Waals surface area contributed by atoms with Gasteiger partial charge in [0.25, 0.3) is 0 Å². The molecule has 0 bridgehead atoms. The lowest BCUT2D eigenvalue weighted by Gasteiger charge is -2.22. The lowest BCUT2D eigenvalue weighted by atomic mass is 9.98. The lowest BCUT2D eigenvalue weighted by Crippen LogP contribution is -2.24. The second-order valence-corrected chi connectivity index (χ2v) is 5.96. The summed E-state index contributed by atoms with van der Waals surface area (Å²) in [4.78, 5) is 0. The Labute approximate surface area is 128 Å². The predicted octanol–water partition coefficient (Wildman–Crippen LogP) is 4.17. The van der Waals surface area contributed by atoms with Gasteiger partial charge in [-0.3, -0.25) is 0 Å². The largest absolute Gasteiger partial charge is 0.508 e. The number of para-hydroxylation sites is 1. The second kappa shape index (κ2) is 9.06. The molecule has 2 N–H and O–H groups in total. The number of hydrogen-bond acceptors (Lipinski definition) is 3. The average Bonchev–Trinajstić information content (AvgIpc) is 2.53. The summed E-state index contributed by atoms with van der Waals surface area (Å²) in [5.74, 6) is 0.385. The van der Waals surface area contributed by atoms with Crippen molar-refractivity contribution in [3.63, 3.8) is 0 Å². The highest BCUT2D eigenvalue weighted by atomic mass is 16.5. The van der Waals surface area contributed by atoms with Crippen molar-refractivity contribution >= 4 is 0 Å². The number of benzene rings is 1. The molecule has 3 heteroatoms. The van der Waals surface area contributed by atoms with Crippen LogP contribution in [0.1, 0.15) is 63.5 Å². The first-order chi connectivity index (χ1) is 10.3. The normalized spacial score (nSPS) is 17.8. The van der Waals surface area contributed by atoms with E-state index in [0.717, 1.165) is 31.6 Å². The summed E-state index contributed by atoms with van der Waals surface area (Å²) in [7, 11) is 0. The van der Waals surface area contributed by atoms with E-state index in [2.05, 4.69) is 12.2 Å². The molecule has 0 radical (unpaired) electrons. The van der Waals surface area contributed by atoms with Crippen LogP contribution in [0.3, 0.4) is 0 Å². The van der Waals surface area contributed by atoms with Gasteiger partial charge in [-0.15, -0.1) is 0 Å². The zero-order chi connectivity index (χ0) is 14.9. The van der Waals surface area contributed by atoms with Gasteiger partial charge in [-0.05, 0) is 38.3 Å². The monoisotopic (exact) mass is 291 g/mol. The Hall–Kier alpha value is -1.06. The van der Waals surface area contributed by atoms with Crippen LogP contribution in [0.15, 0.2) is 24.3 Å². The topological polar surface area (TPSA) is 41.5 Å². The van der Waals surface area contributed by atoms with E-state index < -0.39 is 0 Å². The molecule has 118 valence electrons. The van der Waals surface area contributed by atoms with Gasteiger partial charge in [0.15, 0.2) is 0 Å². The fourth-order valence-corrected chi connectivity index (χ4v) is 3.09. The summed E-state index contributed by atoms with van der Waals surface area (Å²) in [5, 5.41) is 13.4. The molecule has 0 aliphatic heterocycles. The van der Waals surface area contributed by atoms with Crippen molar-refractivity contribution in [1.29, 1.82) is 0 Å². The van der Waals surface area contributed by atoms with Gasteiger partial charge in [0.1, 0.15) is 5.75 Å². The molecule has 2 rings (SSSR count). The maximum absolute atomic E-state index is 9.92. The molecular formula is C18H29NO2. The maximum atomic E-state index is 9.92. The first-order valence-corrected chi connectivity index (χ1v) is 8.44. The van der Waals surface area contributed by atoms with Gasteiger partial charge in [-0.1, -0.05) is 44.4 Å². The molecule has 1 aromatic carbocycles.